The van der Waals surface area contributed by atoms with Gasteiger partial charge in [-0.15, -0.1) is 11.3 Å². The van der Waals surface area contributed by atoms with Gasteiger partial charge in [-0.3, -0.25) is 0 Å². The van der Waals surface area contributed by atoms with Crippen LogP contribution >= 0.6 is 27.3 Å². The van der Waals surface area contributed by atoms with Gasteiger partial charge in [0, 0.05) is 12.1 Å². The molecule has 7 heteroatoms. The van der Waals surface area contributed by atoms with Crippen molar-refractivity contribution in [3.8, 4) is 0 Å². The molecule has 0 fully saturated rings. The average Bonchev–Trinajstić information content (AvgIpc) is 2.83. The number of furan rings is 1. The van der Waals surface area contributed by atoms with Crippen LogP contribution in [0.2, 0.25) is 0 Å². The lowest BCUT2D eigenvalue weighted by atomic mass is 10.2. The van der Waals surface area contributed by atoms with Crippen LogP contribution in [-0.4, -0.2) is 8.42 Å². The summed E-state index contributed by atoms with van der Waals surface area (Å²) >= 11 is 4.43. The predicted molar refractivity (Wildman–Crippen MR) is 74.2 cm³/mol. The highest BCUT2D eigenvalue weighted by Gasteiger charge is 2.17. The highest BCUT2D eigenvalue weighted by atomic mass is 79.9. The molecule has 0 aromatic carbocycles. The second-order valence-corrected chi connectivity index (χ2v) is 8.28. The number of hydrogen-bond donors (Lipinski definition) is 1. The lowest BCUT2D eigenvalue weighted by Gasteiger charge is -2.03. The van der Waals surface area contributed by atoms with Gasteiger partial charge in [-0.2, -0.15) is 0 Å². The maximum atomic E-state index is 12.0. The Balaban J connectivity index is 2.13. The monoisotopic (exact) mass is 349 g/mol. The van der Waals surface area contributed by atoms with E-state index in [4.69, 9.17) is 4.42 Å². The quantitative estimate of drug-likeness (QED) is 0.921. The molecule has 0 saturated carbocycles. The first kappa shape index (κ1) is 13.8. The topological polar surface area (TPSA) is 59.3 Å². The van der Waals surface area contributed by atoms with E-state index in [1.807, 2.05) is 19.9 Å². The molecule has 0 unspecified atom stereocenters. The van der Waals surface area contributed by atoms with Gasteiger partial charge in [0.1, 0.15) is 15.7 Å². The second-order valence-electron chi connectivity index (χ2n) is 3.82. The minimum Gasteiger partial charge on any atom is -0.466 e. The van der Waals surface area contributed by atoms with E-state index in [1.54, 1.807) is 12.1 Å². The van der Waals surface area contributed by atoms with Gasteiger partial charge in [0.05, 0.1) is 3.79 Å². The van der Waals surface area contributed by atoms with Gasteiger partial charge in [-0.05, 0) is 48.0 Å². The third-order valence-corrected chi connectivity index (χ3v) is 5.93. The van der Waals surface area contributed by atoms with Crippen LogP contribution in [0.15, 0.2) is 30.6 Å². The Morgan fingerprint density at radius 3 is 2.61 bits per heavy atom. The zero-order valence-electron chi connectivity index (χ0n) is 9.86. The minimum atomic E-state index is -3.45. The van der Waals surface area contributed by atoms with Crippen molar-refractivity contribution < 1.29 is 12.8 Å². The molecule has 1 N–H and O–H groups in total. The van der Waals surface area contributed by atoms with Crippen LogP contribution in [0, 0.1) is 13.8 Å². The number of thiophene rings is 1. The normalized spacial score (nSPS) is 11.9. The molecule has 0 aliphatic carbocycles. The van der Waals surface area contributed by atoms with Gasteiger partial charge in [-0.25, -0.2) is 13.1 Å². The zero-order valence-corrected chi connectivity index (χ0v) is 13.1. The van der Waals surface area contributed by atoms with Crippen molar-refractivity contribution >= 4 is 37.3 Å². The summed E-state index contributed by atoms with van der Waals surface area (Å²) in [6.07, 6.45) is 0. The number of halogens is 1. The number of hydrogen-bond acceptors (Lipinski definition) is 4. The van der Waals surface area contributed by atoms with Gasteiger partial charge >= 0.3 is 0 Å². The van der Waals surface area contributed by atoms with E-state index in [0.29, 0.717) is 4.21 Å². The summed E-state index contributed by atoms with van der Waals surface area (Å²) in [5.41, 5.74) is 0.853. The van der Waals surface area contributed by atoms with Crippen LogP contribution in [0.5, 0.6) is 0 Å². The van der Waals surface area contributed by atoms with E-state index in [0.717, 1.165) is 20.9 Å². The third-order valence-electron chi connectivity index (χ3n) is 2.41. The number of rotatable bonds is 4. The Morgan fingerprint density at radius 1 is 1.39 bits per heavy atom. The average molecular weight is 350 g/mol. The van der Waals surface area contributed by atoms with Crippen LogP contribution in [0.4, 0.5) is 0 Å². The largest absolute Gasteiger partial charge is 0.466 e. The first-order valence-corrected chi connectivity index (χ1v) is 8.28. The molecule has 0 amide bonds. The van der Waals surface area contributed by atoms with Crippen molar-refractivity contribution in [2.24, 2.45) is 0 Å². The Kier molecular flexibility index (Phi) is 3.96. The molecule has 18 heavy (non-hydrogen) atoms. The predicted octanol–water partition coefficient (Wildman–Crippen LogP) is 3.20. The smallest absolute Gasteiger partial charge is 0.250 e. The molecule has 2 aromatic rings. The molecular formula is C11H12BrNO3S2. The van der Waals surface area contributed by atoms with Crippen LogP contribution in [0.1, 0.15) is 17.1 Å². The lowest BCUT2D eigenvalue weighted by molar-refractivity contribution is 0.500. The molecule has 2 heterocycles. The van der Waals surface area contributed by atoms with Gasteiger partial charge in [0.25, 0.3) is 0 Å². The lowest BCUT2D eigenvalue weighted by Crippen LogP contribution is -2.22. The van der Waals surface area contributed by atoms with Crippen LogP contribution in [0.25, 0.3) is 0 Å². The van der Waals surface area contributed by atoms with Crippen LogP contribution in [-0.2, 0) is 16.6 Å². The van der Waals surface area contributed by atoms with Gasteiger partial charge in [0.15, 0.2) is 0 Å². The molecule has 0 bridgehead atoms. The van der Waals surface area contributed by atoms with E-state index >= 15 is 0 Å². The fourth-order valence-corrected chi connectivity index (χ4v) is 4.61. The molecule has 0 aliphatic rings. The van der Waals surface area contributed by atoms with E-state index in [-0.39, 0.29) is 6.54 Å². The molecule has 98 valence electrons. The Bertz CT molecular complexity index is 658. The summed E-state index contributed by atoms with van der Waals surface area (Å²) in [6.45, 7) is 3.89. The third kappa shape index (κ3) is 3.03. The number of sulfonamides is 1. The summed E-state index contributed by atoms with van der Waals surface area (Å²) in [5.74, 6) is 1.52. The van der Waals surface area contributed by atoms with Gasteiger partial charge in [0.2, 0.25) is 10.0 Å². The fourth-order valence-electron chi connectivity index (χ4n) is 1.55. The second kappa shape index (κ2) is 5.16. The summed E-state index contributed by atoms with van der Waals surface area (Å²) < 4.78 is 33.0. The fraction of sp³-hybridized carbons (Fsp3) is 0.273. The summed E-state index contributed by atoms with van der Waals surface area (Å²) in [4.78, 5) is 0. The van der Waals surface area contributed by atoms with E-state index in [1.165, 1.54) is 11.3 Å². The molecule has 0 spiro atoms. The molecule has 2 aromatic heterocycles. The van der Waals surface area contributed by atoms with Crippen molar-refractivity contribution in [2.45, 2.75) is 24.6 Å². The Labute approximate surface area is 118 Å². The summed E-state index contributed by atoms with van der Waals surface area (Å²) in [7, 11) is -3.45. The first-order chi connectivity index (χ1) is 8.38. The van der Waals surface area contributed by atoms with Gasteiger partial charge < -0.3 is 4.42 Å². The summed E-state index contributed by atoms with van der Waals surface area (Å²) in [6, 6.07) is 5.12. The molecule has 0 radical (unpaired) electrons. The maximum Gasteiger partial charge on any atom is 0.250 e. The molecular weight excluding hydrogens is 338 g/mol. The SMILES string of the molecule is Cc1cc(CNS(=O)(=O)c2ccc(Br)s2)c(C)o1. The maximum absolute atomic E-state index is 12.0. The van der Waals surface area contributed by atoms with Crippen molar-refractivity contribution in [2.75, 3.05) is 0 Å². The zero-order chi connectivity index (χ0) is 13.3. The number of nitrogens with one attached hydrogen (secondary N) is 1. The standard InChI is InChI=1S/C11H12BrNO3S2/c1-7-5-9(8(2)16-7)6-13-18(14,15)11-4-3-10(12)17-11/h3-5,13H,6H2,1-2H3. The highest BCUT2D eigenvalue weighted by molar-refractivity contribution is 9.11. The van der Waals surface area contributed by atoms with Crippen LogP contribution < -0.4 is 4.72 Å². The first-order valence-electron chi connectivity index (χ1n) is 5.19. The highest BCUT2D eigenvalue weighted by Crippen LogP contribution is 2.26. The van der Waals surface area contributed by atoms with E-state index in [9.17, 15) is 8.42 Å². The van der Waals surface area contributed by atoms with E-state index in [2.05, 4.69) is 20.7 Å². The van der Waals surface area contributed by atoms with E-state index < -0.39 is 10.0 Å². The molecule has 0 saturated heterocycles. The van der Waals surface area contributed by atoms with Crippen molar-refractivity contribution in [3.05, 3.63) is 39.1 Å². The Hall–Kier alpha value is -0.630. The van der Waals surface area contributed by atoms with Crippen molar-refractivity contribution in [1.82, 2.24) is 4.72 Å². The van der Waals surface area contributed by atoms with Gasteiger partial charge in [-0.1, -0.05) is 0 Å². The minimum absolute atomic E-state index is 0.237. The molecule has 0 atom stereocenters. The molecule has 2 rings (SSSR count). The Morgan fingerprint density at radius 2 is 2.11 bits per heavy atom. The van der Waals surface area contributed by atoms with Crippen LogP contribution in [0.3, 0.4) is 0 Å². The van der Waals surface area contributed by atoms with Crippen molar-refractivity contribution in [1.29, 1.82) is 0 Å². The van der Waals surface area contributed by atoms with Crippen molar-refractivity contribution in [3.63, 3.8) is 0 Å². The molecule has 0 aliphatic heterocycles. The number of aryl methyl sites for hydroxylation is 2. The molecule has 4 nitrogen and oxygen atoms in total. The summed E-state index contributed by atoms with van der Waals surface area (Å²) in [5, 5.41) is 0.